The third kappa shape index (κ3) is 5.11. The molecule has 0 radical (unpaired) electrons. The number of nitrogens with zero attached hydrogens (tertiary/aromatic N) is 3. The average Bonchev–Trinajstić information content (AvgIpc) is 3.09. The maximum absolute atomic E-state index is 13.7. The fraction of sp³-hybridized carbons (Fsp3) is 0.208. The van der Waals surface area contributed by atoms with Crippen LogP contribution >= 0.6 is 11.8 Å². The third-order valence-electron chi connectivity index (χ3n) is 4.70. The molecule has 0 spiro atoms. The van der Waals surface area contributed by atoms with Gasteiger partial charge in [0.05, 0.1) is 6.54 Å². The number of fused-ring (bicyclic) bond motifs is 1. The Hall–Kier alpha value is -3.19. The summed E-state index contributed by atoms with van der Waals surface area (Å²) in [6.07, 6.45) is 1.74. The summed E-state index contributed by atoms with van der Waals surface area (Å²) in [7, 11) is 0. The van der Waals surface area contributed by atoms with E-state index in [2.05, 4.69) is 10.3 Å². The third-order valence-corrected chi connectivity index (χ3v) is 5.75. The number of imidazole rings is 1. The summed E-state index contributed by atoms with van der Waals surface area (Å²) < 4.78 is 15.7. The minimum atomic E-state index is -0.259. The van der Waals surface area contributed by atoms with Crippen molar-refractivity contribution in [2.45, 2.75) is 37.3 Å². The van der Waals surface area contributed by atoms with E-state index in [-0.39, 0.29) is 17.8 Å². The highest BCUT2D eigenvalue weighted by Gasteiger charge is 2.14. The van der Waals surface area contributed by atoms with Gasteiger partial charge in [-0.2, -0.15) is 0 Å². The van der Waals surface area contributed by atoms with Crippen LogP contribution in [0.25, 0.3) is 11.2 Å². The van der Waals surface area contributed by atoms with Crippen molar-refractivity contribution in [3.63, 3.8) is 0 Å². The van der Waals surface area contributed by atoms with Gasteiger partial charge in [-0.3, -0.25) is 9.36 Å². The molecule has 0 unspecified atom stereocenters. The van der Waals surface area contributed by atoms with Crippen molar-refractivity contribution in [2.24, 2.45) is 0 Å². The van der Waals surface area contributed by atoms with Gasteiger partial charge in [-0.05, 0) is 61.4 Å². The highest BCUT2D eigenvalue weighted by Crippen LogP contribution is 2.27. The molecule has 2 aromatic heterocycles. The lowest BCUT2D eigenvalue weighted by Crippen LogP contribution is -2.29. The van der Waals surface area contributed by atoms with Crippen LogP contribution in [0.4, 0.5) is 4.39 Å². The van der Waals surface area contributed by atoms with Gasteiger partial charge in [-0.15, -0.1) is 0 Å². The lowest BCUT2D eigenvalue weighted by molar-refractivity contribution is 0.0943. The normalized spacial score (nSPS) is 11.2. The summed E-state index contributed by atoms with van der Waals surface area (Å²) in [5.74, 6) is 0.362. The van der Waals surface area contributed by atoms with Gasteiger partial charge in [0.15, 0.2) is 10.8 Å². The predicted octanol–water partition coefficient (Wildman–Crippen LogP) is 5.05. The van der Waals surface area contributed by atoms with Crippen LogP contribution in [-0.4, -0.2) is 26.5 Å². The Bertz CT molecular complexity index is 1200. The van der Waals surface area contributed by atoms with Crippen molar-refractivity contribution < 1.29 is 9.18 Å². The first-order valence-corrected chi connectivity index (χ1v) is 11.1. The van der Waals surface area contributed by atoms with E-state index in [9.17, 15) is 9.18 Å². The molecule has 0 aliphatic heterocycles. The SMILES string of the molecule is CC(C)NC(=O)c1ccc(CSc2nc3cccnc3n2Cc2cccc(F)c2)cc1. The van der Waals surface area contributed by atoms with E-state index in [4.69, 9.17) is 4.98 Å². The number of carbonyl (C=O) groups excluding carboxylic acids is 1. The maximum Gasteiger partial charge on any atom is 0.251 e. The standard InChI is InChI=1S/C24H23FN4OS/c1-16(2)27-23(30)19-10-8-17(9-11-19)15-31-24-28-21-7-4-12-26-22(21)29(24)14-18-5-3-6-20(25)13-18/h3-13,16H,14-15H2,1-2H3,(H,27,30). The Labute approximate surface area is 184 Å². The topological polar surface area (TPSA) is 59.8 Å². The molecular formula is C24H23FN4OS. The van der Waals surface area contributed by atoms with Gasteiger partial charge in [0.1, 0.15) is 11.3 Å². The number of hydrogen-bond acceptors (Lipinski definition) is 4. The Balaban J connectivity index is 1.54. The molecule has 5 nitrogen and oxygen atoms in total. The van der Waals surface area contributed by atoms with Gasteiger partial charge in [0, 0.05) is 23.6 Å². The van der Waals surface area contributed by atoms with Crippen LogP contribution in [-0.2, 0) is 12.3 Å². The van der Waals surface area contributed by atoms with Crippen LogP contribution in [0.15, 0.2) is 72.0 Å². The molecular weight excluding hydrogens is 411 g/mol. The number of aromatic nitrogens is 3. The van der Waals surface area contributed by atoms with E-state index in [1.165, 1.54) is 12.1 Å². The molecule has 0 bridgehead atoms. The zero-order valence-corrected chi connectivity index (χ0v) is 18.2. The molecule has 7 heteroatoms. The molecule has 4 aromatic rings. The molecule has 2 aromatic carbocycles. The van der Waals surface area contributed by atoms with Crippen molar-refractivity contribution in [3.8, 4) is 0 Å². The Morgan fingerprint density at radius 2 is 1.90 bits per heavy atom. The van der Waals surface area contributed by atoms with Crippen molar-refractivity contribution in [1.82, 2.24) is 19.9 Å². The van der Waals surface area contributed by atoms with E-state index < -0.39 is 0 Å². The fourth-order valence-electron chi connectivity index (χ4n) is 3.25. The van der Waals surface area contributed by atoms with E-state index in [1.54, 1.807) is 24.0 Å². The first-order valence-electron chi connectivity index (χ1n) is 10.1. The minimum absolute atomic E-state index is 0.0721. The summed E-state index contributed by atoms with van der Waals surface area (Å²) in [4.78, 5) is 21.3. The molecule has 0 atom stereocenters. The van der Waals surface area contributed by atoms with E-state index in [0.717, 1.165) is 27.4 Å². The monoisotopic (exact) mass is 434 g/mol. The van der Waals surface area contributed by atoms with Gasteiger partial charge in [-0.25, -0.2) is 14.4 Å². The molecule has 2 heterocycles. The Morgan fingerprint density at radius 1 is 1.10 bits per heavy atom. The lowest BCUT2D eigenvalue weighted by atomic mass is 10.1. The highest BCUT2D eigenvalue weighted by atomic mass is 32.2. The molecule has 4 rings (SSSR count). The van der Waals surface area contributed by atoms with Crippen LogP contribution < -0.4 is 5.32 Å². The van der Waals surface area contributed by atoms with Gasteiger partial charge >= 0.3 is 0 Å². The number of carbonyl (C=O) groups is 1. The summed E-state index contributed by atoms with van der Waals surface area (Å²) in [5, 5.41) is 3.71. The summed E-state index contributed by atoms with van der Waals surface area (Å²) >= 11 is 1.59. The molecule has 0 saturated heterocycles. The van der Waals surface area contributed by atoms with Gasteiger partial charge in [0.2, 0.25) is 0 Å². The van der Waals surface area contributed by atoms with Crippen molar-refractivity contribution in [2.75, 3.05) is 0 Å². The number of thioether (sulfide) groups is 1. The maximum atomic E-state index is 13.7. The van der Waals surface area contributed by atoms with Crippen molar-refractivity contribution >= 4 is 28.8 Å². The second-order valence-corrected chi connectivity index (χ2v) is 8.51. The molecule has 31 heavy (non-hydrogen) atoms. The van der Waals surface area contributed by atoms with E-state index in [1.807, 2.05) is 60.9 Å². The molecule has 0 fully saturated rings. The van der Waals surface area contributed by atoms with Crippen LogP contribution in [0.5, 0.6) is 0 Å². The van der Waals surface area contributed by atoms with E-state index >= 15 is 0 Å². The van der Waals surface area contributed by atoms with E-state index in [0.29, 0.717) is 17.9 Å². The van der Waals surface area contributed by atoms with Gasteiger partial charge < -0.3 is 5.32 Å². The number of pyridine rings is 1. The molecule has 0 aliphatic rings. The second kappa shape index (κ2) is 9.31. The Morgan fingerprint density at radius 3 is 2.65 bits per heavy atom. The van der Waals surface area contributed by atoms with Crippen LogP contribution in [0, 0.1) is 5.82 Å². The number of halogens is 1. The second-order valence-electron chi connectivity index (χ2n) is 7.57. The Kier molecular flexibility index (Phi) is 6.32. The largest absolute Gasteiger partial charge is 0.350 e. The van der Waals surface area contributed by atoms with Crippen LogP contribution in [0.3, 0.4) is 0 Å². The highest BCUT2D eigenvalue weighted by molar-refractivity contribution is 7.98. The number of rotatable bonds is 7. The summed E-state index contributed by atoms with van der Waals surface area (Å²) in [5.41, 5.74) is 4.16. The summed E-state index contributed by atoms with van der Waals surface area (Å²) in [6.45, 7) is 4.36. The fourth-order valence-corrected chi connectivity index (χ4v) is 4.21. The number of nitrogens with one attached hydrogen (secondary N) is 1. The zero-order valence-electron chi connectivity index (χ0n) is 17.4. The molecule has 158 valence electrons. The van der Waals surface area contributed by atoms with Gasteiger partial charge in [-0.1, -0.05) is 36.0 Å². The van der Waals surface area contributed by atoms with Crippen molar-refractivity contribution in [1.29, 1.82) is 0 Å². The smallest absolute Gasteiger partial charge is 0.251 e. The zero-order chi connectivity index (χ0) is 21.8. The quantitative estimate of drug-likeness (QED) is 0.414. The van der Waals surface area contributed by atoms with Crippen LogP contribution in [0.1, 0.15) is 35.3 Å². The molecule has 1 N–H and O–H groups in total. The first-order chi connectivity index (χ1) is 15.0. The molecule has 1 amide bonds. The summed E-state index contributed by atoms with van der Waals surface area (Å²) in [6, 6.07) is 18.1. The van der Waals surface area contributed by atoms with Crippen molar-refractivity contribution in [3.05, 3.63) is 89.4 Å². The minimum Gasteiger partial charge on any atom is -0.350 e. The lowest BCUT2D eigenvalue weighted by Gasteiger charge is -2.10. The number of hydrogen-bond donors (Lipinski definition) is 1. The molecule has 0 saturated carbocycles. The number of benzene rings is 2. The van der Waals surface area contributed by atoms with Crippen LogP contribution in [0.2, 0.25) is 0 Å². The first kappa shape index (κ1) is 21.1. The van der Waals surface area contributed by atoms with Gasteiger partial charge in [0.25, 0.3) is 5.91 Å². The average molecular weight is 435 g/mol. The molecule has 0 aliphatic carbocycles. The number of amides is 1. The predicted molar refractivity (Wildman–Crippen MR) is 122 cm³/mol.